The lowest BCUT2D eigenvalue weighted by atomic mass is 10.2. The molecule has 0 radical (unpaired) electrons. The number of rotatable bonds is 3. The summed E-state index contributed by atoms with van der Waals surface area (Å²) in [6, 6.07) is 1.11. The summed E-state index contributed by atoms with van der Waals surface area (Å²) in [6.45, 7) is 3.25. The predicted molar refractivity (Wildman–Crippen MR) is 64.3 cm³/mol. The first kappa shape index (κ1) is 15.0. The zero-order chi connectivity index (χ0) is 13.9. The molecule has 1 aromatic heterocycles. The second-order valence-electron chi connectivity index (χ2n) is 3.21. The van der Waals surface area contributed by atoms with Crippen molar-refractivity contribution < 1.29 is 27.4 Å². The monoisotopic (exact) mass is 375 g/mol. The molecular formula is C10H9F3INO3. The van der Waals surface area contributed by atoms with Crippen molar-refractivity contribution in [2.75, 3.05) is 6.61 Å². The van der Waals surface area contributed by atoms with Gasteiger partial charge in [0.25, 0.3) is 0 Å². The van der Waals surface area contributed by atoms with E-state index in [9.17, 15) is 18.0 Å². The molecule has 0 fully saturated rings. The summed E-state index contributed by atoms with van der Waals surface area (Å²) in [6.07, 6.45) is -4.85. The first-order valence-corrected chi connectivity index (χ1v) is 5.92. The molecule has 0 saturated heterocycles. The molecule has 0 bridgehead atoms. The van der Waals surface area contributed by atoms with Gasteiger partial charge in [0.1, 0.15) is 0 Å². The van der Waals surface area contributed by atoms with Crippen LogP contribution in [0.2, 0.25) is 0 Å². The molecule has 0 spiro atoms. The Kier molecular flexibility index (Phi) is 4.77. The van der Waals surface area contributed by atoms with E-state index in [2.05, 4.69) is 9.72 Å². The Bertz CT molecular complexity index is 462. The first-order valence-electron chi connectivity index (χ1n) is 4.84. The van der Waals surface area contributed by atoms with Crippen LogP contribution in [-0.2, 0) is 4.74 Å². The predicted octanol–water partition coefficient (Wildman–Crippen LogP) is 3.07. The van der Waals surface area contributed by atoms with Crippen LogP contribution in [0.25, 0.3) is 0 Å². The fourth-order valence-corrected chi connectivity index (χ4v) is 1.63. The standard InChI is InChI=1S/C10H9F3INO3/c1-3-17-9(16)8-7(14)5(2)4-6(15-8)18-10(11,12)13/h4H,3H2,1-2H3. The lowest BCUT2D eigenvalue weighted by Crippen LogP contribution is -2.19. The highest BCUT2D eigenvalue weighted by atomic mass is 127. The van der Waals surface area contributed by atoms with Gasteiger partial charge >= 0.3 is 12.3 Å². The SMILES string of the molecule is CCOC(=O)c1nc(OC(F)(F)F)cc(C)c1I. The molecule has 0 aromatic carbocycles. The lowest BCUT2D eigenvalue weighted by molar-refractivity contribution is -0.276. The number of carbonyl (C=O) groups is 1. The number of esters is 1. The number of alkyl halides is 3. The summed E-state index contributed by atoms with van der Waals surface area (Å²) < 4.78 is 45.0. The van der Waals surface area contributed by atoms with Crippen molar-refractivity contribution >= 4 is 28.6 Å². The Morgan fingerprint density at radius 2 is 2.11 bits per heavy atom. The minimum Gasteiger partial charge on any atom is -0.461 e. The minimum absolute atomic E-state index is 0.111. The van der Waals surface area contributed by atoms with Gasteiger partial charge in [-0.25, -0.2) is 9.78 Å². The van der Waals surface area contributed by atoms with Crippen molar-refractivity contribution in [3.63, 3.8) is 0 Å². The lowest BCUT2D eigenvalue weighted by Gasteiger charge is -2.11. The van der Waals surface area contributed by atoms with Crippen LogP contribution in [0.3, 0.4) is 0 Å². The van der Waals surface area contributed by atoms with Crippen LogP contribution in [0, 0.1) is 10.5 Å². The minimum atomic E-state index is -4.85. The van der Waals surface area contributed by atoms with E-state index in [1.807, 2.05) is 22.6 Å². The van der Waals surface area contributed by atoms with E-state index in [0.717, 1.165) is 6.07 Å². The summed E-state index contributed by atoms with van der Waals surface area (Å²) in [5.74, 6) is -1.46. The molecule has 0 aliphatic heterocycles. The highest BCUT2D eigenvalue weighted by Crippen LogP contribution is 2.25. The molecule has 0 aliphatic rings. The van der Waals surface area contributed by atoms with Crippen LogP contribution >= 0.6 is 22.6 Å². The van der Waals surface area contributed by atoms with Crippen LogP contribution in [0.15, 0.2) is 6.07 Å². The van der Waals surface area contributed by atoms with Gasteiger partial charge in [-0.2, -0.15) is 0 Å². The van der Waals surface area contributed by atoms with E-state index in [4.69, 9.17) is 4.74 Å². The molecule has 18 heavy (non-hydrogen) atoms. The Morgan fingerprint density at radius 1 is 1.50 bits per heavy atom. The molecule has 100 valence electrons. The Morgan fingerprint density at radius 3 is 2.61 bits per heavy atom. The van der Waals surface area contributed by atoms with E-state index in [1.165, 1.54) is 0 Å². The van der Waals surface area contributed by atoms with Crippen LogP contribution < -0.4 is 4.74 Å². The highest BCUT2D eigenvalue weighted by Gasteiger charge is 2.32. The maximum absolute atomic E-state index is 12.1. The van der Waals surface area contributed by atoms with E-state index in [1.54, 1.807) is 13.8 Å². The molecule has 1 aromatic rings. The molecule has 0 atom stereocenters. The molecule has 0 N–H and O–H groups in total. The van der Waals surface area contributed by atoms with Gasteiger partial charge in [-0.15, -0.1) is 13.2 Å². The summed E-state index contributed by atoms with van der Waals surface area (Å²) in [5, 5.41) is 0. The van der Waals surface area contributed by atoms with Gasteiger partial charge in [0.05, 0.1) is 6.61 Å². The number of pyridine rings is 1. The number of hydrogen-bond donors (Lipinski definition) is 0. The summed E-state index contributed by atoms with van der Waals surface area (Å²) >= 11 is 1.81. The zero-order valence-electron chi connectivity index (χ0n) is 9.47. The van der Waals surface area contributed by atoms with Gasteiger partial charge in [0, 0.05) is 9.64 Å². The number of nitrogens with zero attached hydrogens (tertiary/aromatic N) is 1. The summed E-state index contributed by atoms with van der Waals surface area (Å²) in [4.78, 5) is 15.0. The van der Waals surface area contributed by atoms with Gasteiger partial charge in [-0.3, -0.25) is 0 Å². The zero-order valence-corrected chi connectivity index (χ0v) is 11.6. The third kappa shape index (κ3) is 4.00. The Balaban J connectivity index is 3.14. The normalized spacial score (nSPS) is 11.2. The third-order valence-corrected chi connectivity index (χ3v) is 3.17. The Labute approximate surface area is 115 Å². The maximum atomic E-state index is 12.1. The van der Waals surface area contributed by atoms with Crippen molar-refractivity contribution in [3.8, 4) is 5.88 Å². The van der Waals surface area contributed by atoms with Crippen LogP contribution in [0.4, 0.5) is 13.2 Å². The van der Waals surface area contributed by atoms with Crippen molar-refractivity contribution in [2.45, 2.75) is 20.2 Å². The molecule has 0 amide bonds. The molecule has 0 aliphatic carbocycles. The first-order chi connectivity index (χ1) is 8.24. The topological polar surface area (TPSA) is 48.4 Å². The van der Waals surface area contributed by atoms with E-state index in [-0.39, 0.29) is 12.3 Å². The molecule has 4 nitrogen and oxygen atoms in total. The van der Waals surface area contributed by atoms with E-state index in [0.29, 0.717) is 9.13 Å². The van der Waals surface area contributed by atoms with Gasteiger partial charge in [0.2, 0.25) is 5.88 Å². The second-order valence-corrected chi connectivity index (χ2v) is 4.29. The number of ether oxygens (including phenoxy) is 2. The van der Waals surface area contributed by atoms with E-state index < -0.39 is 18.2 Å². The molecule has 8 heteroatoms. The average molecular weight is 375 g/mol. The van der Waals surface area contributed by atoms with Crippen LogP contribution in [0.5, 0.6) is 5.88 Å². The van der Waals surface area contributed by atoms with E-state index >= 15 is 0 Å². The summed E-state index contributed by atoms with van der Waals surface area (Å²) in [5.41, 5.74) is 0.268. The fourth-order valence-electron chi connectivity index (χ4n) is 1.13. The van der Waals surface area contributed by atoms with Gasteiger partial charge in [0.15, 0.2) is 5.69 Å². The van der Waals surface area contributed by atoms with Crippen molar-refractivity contribution in [2.24, 2.45) is 0 Å². The quantitative estimate of drug-likeness (QED) is 0.602. The largest absolute Gasteiger partial charge is 0.574 e. The van der Waals surface area contributed by atoms with Crippen molar-refractivity contribution in [3.05, 3.63) is 20.9 Å². The number of aromatic nitrogens is 1. The highest BCUT2D eigenvalue weighted by molar-refractivity contribution is 14.1. The van der Waals surface area contributed by atoms with Gasteiger partial charge < -0.3 is 9.47 Å². The van der Waals surface area contributed by atoms with Crippen molar-refractivity contribution in [1.29, 1.82) is 0 Å². The maximum Gasteiger partial charge on any atom is 0.574 e. The van der Waals surface area contributed by atoms with Gasteiger partial charge in [-0.1, -0.05) is 0 Å². The molecular weight excluding hydrogens is 366 g/mol. The second kappa shape index (κ2) is 5.72. The molecule has 1 heterocycles. The molecule has 1 rings (SSSR count). The number of hydrogen-bond acceptors (Lipinski definition) is 4. The van der Waals surface area contributed by atoms with Crippen LogP contribution in [0.1, 0.15) is 23.0 Å². The molecule has 0 saturated carbocycles. The van der Waals surface area contributed by atoms with Crippen LogP contribution in [-0.4, -0.2) is 23.9 Å². The fraction of sp³-hybridized carbons (Fsp3) is 0.400. The number of aryl methyl sites for hydroxylation is 1. The third-order valence-electron chi connectivity index (χ3n) is 1.81. The summed E-state index contributed by atoms with van der Waals surface area (Å²) in [7, 11) is 0. The Hall–Kier alpha value is -1.06. The van der Waals surface area contributed by atoms with Crippen molar-refractivity contribution in [1.82, 2.24) is 4.98 Å². The number of carbonyl (C=O) groups excluding carboxylic acids is 1. The molecule has 0 unspecified atom stereocenters. The average Bonchev–Trinajstić information content (AvgIpc) is 2.21. The smallest absolute Gasteiger partial charge is 0.461 e. The van der Waals surface area contributed by atoms with Gasteiger partial charge in [-0.05, 0) is 42.0 Å². The number of halogens is 4.